The molecule has 0 amide bonds. The van der Waals surface area contributed by atoms with Crippen LogP contribution in [0.3, 0.4) is 0 Å². The summed E-state index contributed by atoms with van der Waals surface area (Å²) in [5.41, 5.74) is 1.58. The molecular formula is C14H15Cl3. The third-order valence-electron chi connectivity index (χ3n) is 4.31. The van der Waals surface area contributed by atoms with Crippen LogP contribution in [-0.2, 0) is 6.42 Å². The molecule has 2 unspecified atom stereocenters. The summed E-state index contributed by atoms with van der Waals surface area (Å²) >= 11 is 18.2. The van der Waals surface area contributed by atoms with E-state index in [-0.39, 0.29) is 0 Å². The number of rotatable bonds is 3. The van der Waals surface area contributed by atoms with Gasteiger partial charge in [0.05, 0.1) is 10.0 Å². The molecule has 1 aromatic rings. The number of benzene rings is 1. The van der Waals surface area contributed by atoms with E-state index in [1.54, 1.807) is 0 Å². The number of hydrogen-bond donors (Lipinski definition) is 0. The van der Waals surface area contributed by atoms with Crippen LogP contribution in [0.15, 0.2) is 18.2 Å². The van der Waals surface area contributed by atoms with Crippen molar-refractivity contribution in [3.63, 3.8) is 0 Å². The van der Waals surface area contributed by atoms with Gasteiger partial charge in [-0.25, -0.2) is 0 Å². The maximum Gasteiger partial charge on any atom is 0.0595 e. The fourth-order valence-corrected chi connectivity index (χ4v) is 4.02. The van der Waals surface area contributed by atoms with Crippen LogP contribution in [0.2, 0.25) is 10.0 Å². The molecule has 0 bridgehead atoms. The van der Waals surface area contributed by atoms with Gasteiger partial charge in [-0.15, -0.1) is 11.6 Å². The van der Waals surface area contributed by atoms with Crippen molar-refractivity contribution in [2.45, 2.75) is 25.7 Å². The largest absolute Gasteiger partial charge is 0.126 e. The van der Waals surface area contributed by atoms with Gasteiger partial charge in [0.2, 0.25) is 0 Å². The molecule has 1 aromatic carbocycles. The van der Waals surface area contributed by atoms with Crippen molar-refractivity contribution < 1.29 is 0 Å². The first kappa shape index (κ1) is 12.1. The smallest absolute Gasteiger partial charge is 0.0595 e. The third-order valence-corrected chi connectivity index (χ3v) is 5.61. The lowest BCUT2D eigenvalue weighted by atomic mass is 9.79. The molecule has 17 heavy (non-hydrogen) atoms. The molecule has 0 aromatic heterocycles. The Balaban J connectivity index is 1.78. The predicted molar refractivity (Wildman–Crippen MR) is 74.2 cm³/mol. The van der Waals surface area contributed by atoms with Crippen molar-refractivity contribution in [1.82, 2.24) is 0 Å². The lowest BCUT2D eigenvalue weighted by molar-refractivity contribution is 0.303. The molecule has 0 heterocycles. The molecule has 0 saturated heterocycles. The Bertz CT molecular complexity index is 431. The summed E-state index contributed by atoms with van der Waals surface area (Å²) < 4.78 is 0. The van der Waals surface area contributed by atoms with E-state index in [9.17, 15) is 0 Å². The van der Waals surface area contributed by atoms with Crippen molar-refractivity contribution >= 4 is 34.8 Å². The van der Waals surface area contributed by atoms with Crippen molar-refractivity contribution in [3.8, 4) is 0 Å². The van der Waals surface area contributed by atoms with Crippen LogP contribution < -0.4 is 0 Å². The van der Waals surface area contributed by atoms with E-state index in [1.165, 1.54) is 24.8 Å². The van der Waals surface area contributed by atoms with E-state index < -0.39 is 0 Å². The Morgan fingerprint density at radius 1 is 1.12 bits per heavy atom. The predicted octanol–water partition coefficient (Wildman–Crippen LogP) is 5.19. The second-order valence-corrected chi connectivity index (χ2v) is 6.80. The number of fused-ring (bicyclic) bond motifs is 1. The lowest BCUT2D eigenvalue weighted by Crippen LogP contribution is -2.23. The SMILES string of the molecule is ClCC1(Cc2ccc(Cl)c(Cl)c2)CC2CC2C1. The zero-order valence-electron chi connectivity index (χ0n) is 9.56. The van der Waals surface area contributed by atoms with Crippen LogP contribution >= 0.6 is 34.8 Å². The molecule has 0 N–H and O–H groups in total. The highest BCUT2D eigenvalue weighted by atomic mass is 35.5. The van der Waals surface area contributed by atoms with Crippen molar-refractivity contribution in [2.75, 3.05) is 5.88 Å². The molecule has 2 aliphatic carbocycles. The Morgan fingerprint density at radius 2 is 1.82 bits per heavy atom. The Kier molecular flexibility index (Phi) is 3.09. The van der Waals surface area contributed by atoms with Crippen LogP contribution in [0.4, 0.5) is 0 Å². The monoisotopic (exact) mass is 288 g/mol. The highest BCUT2D eigenvalue weighted by Gasteiger charge is 2.53. The minimum absolute atomic E-state index is 0.312. The molecule has 3 heteroatoms. The van der Waals surface area contributed by atoms with Gasteiger partial charge in [-0.2, -0.15) is 0 Å². The van der Waals surface area contributed by atoms with Gasteiger partial charge in [0.15, 0.2) is 0 Å². The molecule has 0 radical (unpaired) electrons. The zero-order chi connectivity index (χ0) is 12.0. The van der Waals surface area contributed by atoms with Crippen molar-refractivity contribution in [1.29, 1.82) is 0 Å². The number of halogens is 3. The van der Waals surface area contributed by atoms with E-state index >= 15 is 0 Å². The summed E-state index contributed by atoms with van der Waals surface area (Å²) in [5.74, 6) is 2.67. The van der Waals surface area contributed by atoms with Crippen LogP contribution in [0.25, 0.3) is 0 Å². The third kappa shape index (κ3) is 2.32. The standard InChI is InChI=1S/C14H15Cl3/c15-8-14(6-10-4-11(10)7-14)5-9-1-2-12(16)13(17)3-9/h1-3,10-11H,4-8H2. The van der Waals surface area contributed by atoms with Gasteiger partial charge < -0.3 is 0 Å². The van der Waals surface area contributed by atoms with Crippen LogP contribution in [0.5, 0.6) is 0 Å². The molecule has 0 aliphatic heterocycles. The fourth-order valence-electron chi connectivity index (χ4n) is 3.39. The van der Waals surface area contributed by atoms with Gasteiger partial charge >= 0.3 is 0 Å². The first-order valence-electron chi connectivity index (χ1n) is 6.12. The Hall–Kier alpha value is 0.0900. The summed E-state index contributed by atoms with van der Waals surface area (Å²) in [6.45, 7) is 0. The normalized spacial score (nSPS) is 34.8. The van der Waals surface area contributed by atoms with Crippen molar-refractivity contribution in [3.05, 3.63) is 33.8 Å². The lowest BCUT2D eigenvalue weighted by Gasteiger charge is -2.28. The quantitative estimate of drug-likeness (QED) is 0.672. The van der Waals surface area contributed by atoms with E-state index in [4.69, 9.17) is 34.8 Å². The summed E-state index contributed by atoms with van der Waals surface area (Å²) in [6.07, 6.45) is 5.06. The van der Waals surface area contributed by atoms with E-state index in [2.05, 4.69) is 6.07 Å². The summed E-state index contributed by atoms with van der Waals surface area (Å²) in [7, 11) is 0. The average molecular weight is 290 g/mol. The van der Waals surface area contributed by atoms with Gasteiger partial charge in [0, 0.05) is 5.88 Å². The summed E-state index contributed by atoms with van der Waals surface area (Å²) in [6, 6.07) is 5.95. The topological polar surface area (TPSA) is 0 Å². The average Bonchev–Trinajstić information content (AvgIpc) is 2.93. The summed E-state index contributed by atoms with van der Waals surface area (Å²) in [4.78, 5) is 0. The van der Waals surface area contributed by atoms with Crippen LogP contribution in [0.1, 0.15) is 24.8 Å². The molecule has 0 nitrogen and oxygen atoms in total. The van der Waals surface area contributed by atoms with Gasteiger partial charge in [-0.05, 0) is 60.6 Å². The molecule has 92 valence electrons. The first-order chi connectivity index (χ1) is 8.12. The molecule has 0 spiro atoms. The minimum Gasteiger partial charge on any atom is -0.126 e. The van der Waals surface area contributed by atoms with Gasteiger partial charge in [0.25, 0.3) is 0 Å². The molecule has 2 aliphatic rings. The van der Waals surface area contributed by atoms with Gasteiger partial charge in [-0.1, -0.05) is 29.3 Å². The minimum atomic E-state index is 0.312. The highest BCUT2D eigenvalue weighted by Crippen LogP contribution is 2.61. The Morgan fingerprint density at radius 3 is 2.41 bits per heavy atom. The number of hydrogen-bond acceptors (Lipinski definition) is 0. The second-order valence-electron chi connectivity index (χ2n) is 5.72. The fraction of sp³-hybridized carbons (Fsp3) is 0.571. The Labute approximate surface area is 117 Å². The maximum absolute atomic E-state index is 6.21. The van der Waals surface area contributed by atoms with Gasteiger partial charge in [-0.3, -0.25) is 0 Å². The molecular weight excluding hydrogens is 275 g/mol. The molecule has 2 atom stereocenters. The van der Waals surface area contributed by atoms with E-state index in [1.807, 2.05) is 12.1 Å². The summed E-state index contributed by atoms with van der Waals surface area (Å²) in [5, 5.41) is 1.28. The maximum atomic E-state index is 6.21. The van der Waals surface area contributed by atoms with E-state index in [0.717, 1.165) is 24.1 Å². The highest BCUT2D eigenvalue weighted by molar-refractivity contribution is 6.42. The zero-order valence-corrected chi connectivity index (χ0v) is 11.8. The second kappa shape index (κ2) is 4.33. The first-order valence-corrected chi connectivity index (χ1v) is 7.41. The molecule has 2 saturated carbocycles. The van der Waals surface area contributed by atoms with E-state index in [0.29, 0.717) is 15.5 Å². The van der Waals surface area contributed by atoms with Gasteiger partial charge in [0.1, 0.15) is 0 Å². The molecule has 2 fully saturated rings. The molecule has 3 rings (SSSR count). The number of alkyl halides is 1. The van der Waals surface area contributed by atoms with Crippen LogP contribution in [0, 0.1) is 17.3 Å². The van der Waals surface area contributed by atoms with Crippen molar-refractivity contribution in [2.24, 2.45) is 17.3 Å². The van der Waals surface area contributed by atoms with Crippen LogP contribution in [-0.4, -0.2) is 5.88 Å².